The summed E-state index contributed by atoms with van der Waals surface area (Å²) in [5.74, 6) is 1.99. The van der Waals surface area contributed by atoms with E-state index in [0.717, 1.165) is 76.1 Å². The summed E-state index contributed by atoms with van der Waals surface area (Å²) in [6.07, 6.45) is 14.7. The summed E-state index contributed by atoms with van der Waals surface area (Å²) in [4.78, 5) is 42.8. The number of fused-ring (bicyclic) bond motifs is 2. The van der Waals surface area contributed by atoms with Crippen LogP contribution >= 0.6 is 12.4 Å². The third-order valence-corrected chi connectivity index (χ3v) is 11.7. The molecule has 10 nitrogen and oxygen atoms in total. The Hall–Kier alpha value is -3.37. The van der Waals surface area contributed by atoms with Crippen LogP contribution in [0.3, 0.4) is 0 Å². The molecule has 1 aromatic carbocycles. The number of benzene rings is 1. The number of likely N-dealkylation sites (tertiary alicyclic amines) is 1. The van der Waals surface area contributed by atoms with Crippen LogP contribution in [0, 0.1) is 23.7 Å². The first-order valence-corrected chi connectivity index (χ1v) is 20.1. The fourth-order valence-electron chi connectivity index (χ4n) is 8.62. The van der Waals surface area contributed by atoms with E-state index in [9.17, 15) is 14.4 Å². The van der Waals surface area contributed by atoms with E-state index in [2.05, 4.69) is 41.0 Å². The van der Waals surface area contributed by atoms with Crippen LogP contribution in [0.5, 0.6) is 0 Å². The number of aryl methyl sites for hydroxylation is 2. The Morgan fingerprint density at radius 1 is 0.889 bits per heavy atom. The molecule has 54 heavy (non-hydrogen) atoms. The number of ether oxygens (including phenoxy) is 3. The number of halogens is 1. The van der Waals surface area contributed by atoms with Gasteiger partial charge in [-0.3, -0.25) is 14.6 Å². The van der Waals surface area contributed by atoms with Crippen molar-refractivity contribution in [2.45, 2.75) is 116 Å². The van der Waals surface area contributed by atoms with Gasteiger partial charge in [-0.1, -0.05) is 24.3 Å². The zero-order chi connectivity index (χ0) is 37.8. The van der Waals surface area contributed by atoms with Gasteiger partial charge in [0.25, 0.3) is 0 Å². The lowest BCUT2D eigenvalue weighted by Gasteiger charge is -2.35. The van der Waals surface area contributed by atoms with Gasteiger partial charge < -0.3 is 29.7 Å². The Bertz CT molecular complexity index is 1500. The van der Waals surface area contributed by atoms with E-state index in [1.54, 1.807) is 4.90 Å². The van der Waals surface area contributed by atoms with Crippen LogP contribution in [0.2, 0.25) is 0 Å². The van der Waals surface area contributed by atoms with Crippen LogP contribution in [0.1, 0.15) is 113 Å². The standard InChI is InChI=1S/C24H36N2O4.C19H28N2O2.ClH/c1-24(2,3)30-23(28)26-11-9-17(10-12-26)13-19(15-22(27)29-4)20-14-18-7-5-6-8-21(18)25-16-20;1-23-19(22)12-16(10-14-6-8-20-9-7-14)17-11-15-4-2-3-5-18(15)21-13-17;/h14,16-17,19H,5-13,15H2,1-4H3;2-5,14,16-17,20-21H,6-13H2,1H3;1H. The van der Waals surface area contributed by atoms with Gasteiger partial charge in [-0.05, 0) is 157 Å². The van der Waals surface area contributed by atoms with Crippen LogP contribution in [-0.2, 0) is 43.1 Å². The van der Waals surface area contributed by atoms with Crippen LogP contribution in [0.25, 0.3) is 0 Å². The van der Waals surface area contributed by atoms with E-state index in [0.29, 0.717) is 43.7 Å². The molecule has 1 aromatic heterocycles. The molecule has 2 N–H and O–H groups in total. The lowest BCUT2D eigenvalue weighted by atomic mass is 9.76. The number of anilines is 1. The molecule has 3 aliphatic heterocycles. The SMILES string of the molecule is COC(=O)CC(CC1CCN(C(=O)OC(C)(C)C)CC1)c1cnc2c(c1)CCCC2.COC(=O)CC(CC1CCNCC1)C1CNc2ccccc2C1.Cl. The number of aromatic nitrogens is 1. The quantitative estimate of drug-likeness (QED) is 0.184. The van der Waals surface area contributed by atoms with Crippen molar-refractivity contribution in [3.8, 4) is 0 Å². The highest BCUT2D eigenvalue weighted by Crippen LogP contribution is 2.36. The minimum absolute atomic E-state index is 0. The molecule has 0 saturated carbocycles. The van der Waals surface area contributed by atoms with Gasteiger partial charge >= 0.3 is 18.0 Å². The maximum Gasteiger partial charge on any atom is 0.410 e. The zero-order valence-corrected chi connectivity index (χ0v) is 34.1. The third kappa shape index (κ3) is 13.1. The summed E-state index contributed by atoms with van der Waals surface area (Å²) in [6.45, 7) is 10.3. The Kier molecular flexibility index (Phi) is 16.9. The number of para-hydroxylation sites is 1. The van der Waals surface area contributed by atoms with E-state index < -0.39 is 5.60 Å². The molecule has 1 amide bonds. The Labute approximate surface area is 329 Å². The summed E-state index contributed by atoms with van der Waals surface area (Å²) in [5.41, 5.74) is 5.86. The van der Waals surface area contributed by atoms with Gasteiger partial charge in [0.2, 0.25) is 0 Å². The Morgan fingerprint density at radius 3 is 2.26 bits per heavy atom. The van der Waals surface area contributed by atoms with Crippen molar-refractivity contribution in [2.24, 2.45) is 23.7 Å². The second-order valence-corrected chi connectivity index (χ2v) is 16.7. The highest BCUT2D eigenvalue weighted by molar-refractivity contribution is 5.85. The molecule has 1 aliphatic carbocycles. The van der Waals surface area contributed by atoms with Gasteiger partial charge in [-0.15, -0.1) is 12.4 Å². The van der Waals surface area contributed by atoms with Crippen molar-refractivity contribution in [1.82, 2.24) is 15.2 Å². The predicted molar refractivity (Wildman–Crippen MR) is 215 cm³/mol. The lowest BCUT2D eigenvalue weighted by molar-refractivity contribution is -0.142. The molecule has 2 fully saturated rings. The van der Waals surface area contributed by atoms with Gasteiger partial charge in [0.15, 0.2) is 0 Å². The molecule has 300 valence electrons. The smallest absolute Gasteiger partial charge is 0.410 e. The molecule has 3 atom stereocenters. The van der Waals surface area contributed by atoms with Crippen LogP contribution < -0.4 is 10.6 Å². The molecule has 6 rings (SSSR count). The molecule has 4 aliphatic rings. The molecule has 11 heteroatoms. The molecule has 0 spiro atoms. The van der Waals surface area contributed by atoms with Gasteiger partial charge in [-0.25, -0.2) is 4.79 Å². The van der Waals surface area contributed by atoms with Crippen LogP contribution in [-0.4, -0.2) is 80.5 Å². The van der Waals surface area contributed by atoms with Crippen molar-refractivity contribution in [2.75, 3.05) is 52.3 Å². The molecule has 0 radical (unpaired) electrons. The zero-order valence-electron chi connectivity index (χ0n) is 33.3. The number of hydrogen-bond donors (Lipinski definition) is 2. The molecular weight excluding hydrogens is 704 g/mol. The van der Waals surface area contributed by atoms with Crippen molar-refractivity contribution >= 4 is 36.1 Å². The fraction of sp³-hybridized carbons (Fsp3) is 0.674. The van der Waals surface area contributed by atoms with E-state index >= 15 is 0 Å². The summed E-state index contributed by atoms with van der Waals surface area (Å²) < 4.78 is 15.4. The number of hydrogen-bond acceptors (Lipinski definition) is 9. The molecule has 2 saturated heterocycles. The maximum absolute atomic E-state index is 12.3. The van der Waals surface area contributed by atoms with Crippen molar-refractivity contribution in [3.63, 3.8) is 0 Å². The summed E-state index contributed by atoms with van der Waals surface area (Å²) >= 11 is 0. The number of nitrogens with one attached hydrogen (secondary N) is 2. The van der Waals surface area contributed by atoms with E-state index in [4.69, 9.17) is 19.2 Å². The number of pyridine rings is 1. The maximum atomic E-state index is 12.3. The van der Waals surface area contributed by atoms with E-state index in [1.807, 2.05) is 27.0 Å². The van der Waals surface area contributed by atoms with Gasteiger partial charge in [0, 0.05) is 43.6 Å². The highest BCUT2D eigenvalue weighted by Gasteiger charge is 2.32. The molecule has 0 bridgehead atoms. The largest absolute Gasteiger partial charge is 0.469 e. The third-order valence-electron chi connectivity index (χ3n) is 11.7. The van der Waals surface area contributed by atoms with Crippen molar-refractivity contribution in [3.05, 3.63) is 58.9 Å². The number of piperidine rings is 2. The normalized spacial score (nSPS) is 19.9. The number of carbonyl (C=O) groups is 3. The number of esters is 2. The monoisotopic (exact) mass is 768 g/mol. The van der Waals surface area contributed by atoms with Crippen molar-refractivity contribution in [1.29, 1.82) is 0 Å². The molecular formula is C43H65ClN4O6. The number of nitrogens with zero attached hydrogens (tertiary/aromatic N) is 2. The summed E-state index contributed by atoms with van der Waals surface area (Å²) in [6, 6.07) is 10.8. The fourth-order valence-corrected chi connectivity index (χ4v) is 8.62. The van der Waals surface area contributed by atoms with E-state index in [1.165, 1.54) is 62.4 Å². The second-order valence-electron chi connectivity index (χ2n) is 16.7. The first-order chi connectivity index (χ1) is 25.5. The van der Waals surface area contributed by atoms with Gasteiger partial charge in [0.1, 0.15) is 5.60 Å². The summed E-state index contributed by atoms with van der Waals surface area (Å²) in [5, 5.41) is 6.99. The molecule has 4 heterocycles. The number of methoxy groups -OCH3 is 2. The average molecular weight is 769 g/mol. The Morgan fingerprint density at radius 2 is 1.56 bits per heavy atom. The first-order valence-electron chi connectivity index (χ1n) is 20.1. The summed E-state index contributed by atoms with van der Waals surface area (Å²) in [7, 11) is 2.95. The molecule has 3 unspecified atom stereocenters. The number of rotatable bonds is 10. The van der Waals surface area contributed by atoms with Gasteiger partial charge in [-0.2, -0.15) is 0 Å². The first kappa shape index (κ1) is 43.4. The van der Waals surface area contributed by atoms with Crippen LogP contribution in [0.4, 0.5) is 10.5 Å². The van der Waals surface area contributed by atoms with Crippen molar-refractivity contribution < 1.29 is 28.6 Å². The lowest BCUT2D eigenvalue weighted by Crippen LogP contribution is -2.42. The minimum Gasteiger partial charge on any atom is -0.469 e. The highest BCUT2D eigenvalue weighted by atomic mass is 35.5. The average Bonchev–Trinajstić information content (AvgIpc) is 3.17. The second kappa shape index (κ2) is 21.1. The van der Waals surface area contributed by atoms with Gasteiger partial charge in [0.05, 0.1) is 20.6 Å². The number of carbonyl (C=O) groups excluding carboxylic acids is 3. The topological polar surface area (TPSA) is 119 Å². The predicted octanol–water partition coefficient (Wildman–Crippen LogP) is 7.91. The molecule has 2 aromatic rings. The Balaban J connectivity index is 0.000000244. The minimum atomic E-state index is -0.473. The van der Waals surface area contributed by atoms with Crippen LogP contribution in [0.15, 0.2) is 36.5 Å². The van der Waals surface area contributed by atoms with E-state index in [-0.39, 0.29) is 36.4 Å². The number of amides is 1.